The molecule has 3 unspecified atom stereocenters. The fourth-order valence-electron chi connectivity index (χ4n) is 5.48. The first-order chi connectivity index (χ1) is 18.5. The van der Waals surface area contributed by atoms with Crippen LogP contribution in [0, 0.1) is 5.82 Å². The van der Waals surface area contributed by atoms with Gasteiger partial charge in [0.15, 0.2) is 27.9 Å². The second-order valence-electron chi connectivity index (χ2n) is 9.96. The maximum absolute atomic E-state index is 15.8. The van der Waals surface area contributed by atoms with Gasteiger partial charge in [0.1, 0.15) is 17.2 Å². The zero-order valence-corrected chi connectivity index (χ0v) is 22.5. The van der Waals surface area contributed by atoms with Crippen LogP contribution in [0.5, 0.6) is 0 Å². The average Bonchev–Trinajstić information content (AvgIpc) is 3.39. The van der Waals surface area contributed by atoms with E-state index in [1.54, 1.807) is 42.2 Å². The predicted molar refractivity (Wildman–Crippen MR) is 150 cm³/mol. The molecule has 10 nitrogen and oxygen atoms in total. The molecule has 0 saturated carbocycles. The maximum atomic E-state index is 15.8. The van der Waals surface area contributed by atoms with Crippen molar-refractivity contribution in [1.82, 2.24) is 24.1 Å². The van der Waals surface area contributed by atoms with Crippen LogP contribution in [0.2, 0.25) is 0 Å². The van der Waals surface area contributed by atoms with Crippen LogP contribution >= 0.6 is 25.3 Å². The number of carbonyl (C=O) groups excluding carboxylic acids is 1. The SMILES string of the molecule is CC1(C(S)c2nn3ccc(F)c3c(=O)n2-c2ccccc2)CC(F)(S)CN1c1nc(N)nc2c1C(=O)CCN2. The van der Waals surface area contributed by atoms with E-state index in [9.17, 15) is 14.0 Å². The minimum absolute atomic E-state index is 0.0944. The summed E-state index contributed by atoms with van der Waals surface area (Å²) in [5.41, 5.74) is 4.50. The summed E-state index contributed by atoms with van der Waals surface area (Å²) < 4.78 is 32.8. The number of nitrogens with one attached hydrogen (secondary N) is 1. The summed E-state index contributed by atoms with van der Waals surface area (Å²) in [6.07, 6.45) is 1.37. The lowest BCUT2D eigenvalue weighted by Gasteiger charge is -2.41. The summed E-state index contributed by atoms with van der Waals surface area (Å²) in [4.78, 5) is 36.8. The molecule has 0 bridgehead atoms. The number of alkyl halides is 1. The molecular weight excluding hydrogens is 546 g/mol. The molecule has 39 heavy (non-hydrogen) atoms. The highest BCUT2D eigenvalue weighted by Gasteiger charge is 2.56. The van der Waals surface area contributed by atoms with Gasteiger partial charge in [-0.05, 0) is 25.1 Å². The molecule has 4 aromatic rings. The van der Waals surface area contributed by atoms with Crippen LogP contribution in [-0.2, 0) is 0 Å². The van der Waals surface area contributed by atoms with E-state index in [1.165, 1.54) is 10.8 Å². The third kappa shape index (κ3) is 4.04. The summed E-state index contributed by atoms with van der Waals surface area (Å²) in [6.45, 7) is 1.86. The quantitative estimate of drug-likeness (QED) is 0.276. The van der Waals surface area contributed by atoms with Crippen molar-refractivity contribution >= 4 is 54.1 Å². The van der Waals surface area contributed by atoms with Gasteiger partial charge in [0.25, 0.3) is 5.56 Å². The van der Waals surface area contributed by atoms with Crippen LogP contribution < -0.4 is 21.5 Å². The molecule has 202 valence electrons. The summed E-state index contributed by atoms with van der Waals surface area (Å²) >= 11 is 9.19. The number of thiol groups is 2. The Hall–Kier alpha value is -3.65. The predicted octanol–water partition coefficient (Wildman–Crippen LogP) is 3.23. The number of halogens is 2. The smallest absolute Gasteiger partial charge is 0.285 e. The molecule has 1 saturated heterocycles. The van der Waals surface area contributed by atoms with Crippen molar-refractivity contribution in [1.29, 1.82) is 0 Å². The Labute approximate surface area is 232 Å². The van der Waals surface area contributed by atoms with Gasteiger partial charge >= 0.3 is 0 Å². The van der Waals surface area contributed by atoms with Crippen LogP contribution in [0.4, 0.5) is 26.4 Å². The van der Waals surface area contributed by atoms with Gasteiger partial charge in [0, 0.05) is 25.6 Å². The molecular formula is C25H24F2N8O2S2. The number of Topliss-reactive ketones (excluding diaryl/α,β-unsaturated/α-hetero) is 1. The van der Waals surface area contributed by atoms with Crippen molar-refractivity contribution in [2.75, 3.05) is 29.0 Å². The lowest BCUT2D eigenvalue weighted by molar-refractivity contribution is 0.0983. The van der Waals surface area contributed by atoms with Gasteiger partial charge in [-0.1, -0.05) is 18.2 Å². The van der Waals surface area contributed by atoms with Crippen LogP contribution in [0.15, 0.2) is 47.4 Å². The Morgan fingerprint density at radius 1 is 1.18 bits per heavy atom. The van der Waals surface area contributed by atoms with Crippen molar-refractivity contribution in [3.8, 4) is 5.69 Å². The number of hydrogen-bond donors (Lipinski definition) is 4. The molecule has 2 aliphatic rings. The molecule has 3 atom stereocenters. The first-order valence-electron chi connectivity index (χ1n) is 12.2. The van der Waals surface area contributed by atoms with E-state index in [0.717, 1.165) is 10.6 Å². The maximum Gasteiger partial charge on any atom is 0.285 e. The average molecular weight is 571 g/mol. The molecule has 14 heteroatoms. The Kier molecular flexibility index (Phi) is 5.88. The number of fused-ring (bicyclic) bond motifs is 2. The third-order valence-corrected chi connectivity index (χ3v) is 8.33. The van der Waals surface area contributed by atoms with Gasteiger partial charge in [-0.2, -0.15) is 27.7 Å². The van der Waals surface area contributed by atoms with E-state index in [1.807, 2.05) is 0 Å². The zero-order chi connectivity index (χ0) is 27.7. The third-order valence-electron chi connectivity index (χ3n) is 7.24. The molecule has 6 rings (SSSR count). The van der Waals surface area contributed by atoms with Crippen molar-refractivity contribution in [2.24, 2.45) is 0 Å². The molecule has 1 aromatic carbocycles. The van der Waals surface area contributed by atoms with Crippen LogP contribution in [0.3, 0.4) is 0 Å². The number of nitrogen functional groups attached to an aromatic ring is 1. The summed E-state index contributed by atoms with van der Waals surface area (Å²) in [5, 5.41) is 4.66. The fraction of sp³-hybridized carbons (Fsp3) is 0.320. The normalized spacial score (nSPS) is 23.6. The number of nitrogens with zero attached hydrogens (tertiary/aromatic N) is 6. The zero-order valence-electron chi connectivity index (χ0n) is 20.7. The van der Waals surface area contributed by atoms with E-state index >= 15 is 4.39 Å². The first kappa shape index (κ1) is 25.6. The van der Waals surface area contributed by atoms with Crippen molar-refractivity contribution in [2.45, 2.75) is 35.6 Å². The number of hydrogen-bond acceptors (Lipinski definition) is 10. The van der Waals surface area contributed by atoms with Gasteiger partial charge in [0.05, 0.1) is 23.0 Å². The van der Waals surface area contributed by atoms with E-state index in [-0.39, 0.29) is 59.7 Å². The number of ketones is 1. The highest BCUT2D eigenvalue weighted by molar-refractivity contribution is 7.81. The Morgan fingerprint density at radius 2 is 1.92 bits per heavy atom. The van der Waals surface area contributed by atoms with Crippen molar-refractivity contribution < 1.29 is 13.6 Å². The van der Waals surface area contributed by atoms with Crippen LogP contribution in [0.1, 0.15) is 41.2 Å². The number of anilines is 3. The molecule has 0 amide bonds. The van der Waals surface area contributed by atoms with Gasteiger partial charge in [0.2, 0.25) is 5.95 Å². The lowest BCUT2D eigenvalue weighted by atomic mass is 9.91. The Morgan fingerprint density at radius 3 is 2.67 bits per heavy atom. The Bertz CT molecular complexity index is 1690. The largest absolute Gasteiger partial charge is 0.369 e. The standard InChI is InChI=1S/C25H24F2N8O2S2/c1-24(11-25(27,39)12-33(24)20-16-15(36)7-9-29-19(16)30-23(28)31-20)18(38)21-32-34-10-8-14(26)17(34)22(37)35(21)13-5-3-2-4-6-13/h2-6,8,10,18,38-39H,7,9,11-12H2,1H3,(H3,28,29,30,31). The number of para-hydroxylation sites is 1. The number of benzene rings is 1. The molecule has 0 spiro atoms. The van der Waals surface area contributed by atoms with Crippen LogP contribution in [-0.4, -0.2) is 53.6 Å². The van der Waals surface area contributed by atoms with E-state index in [4.69, 9.17) is 18.4 Å². The van der Waals surface area contributed by atoms with E-state index < -0.39 is 27.2 Å². The van der Waals surface area contributed by atoms with Gasteiger partial charge in [-0.25, -0.2) is 13.3 Å². The molecule has 5 heterocycles. The molecule has 1 fully saturated rings. The van der Waals surface area contributed by atoms with E-state index in [0.29, 0.717) is 12.2 Å². The minimum Gasteiger partial charge on any atom is -0.369 e. The molecule has 3 N–H and O–H groups in total. The van der Waals surface area contributed by atoms with Gasteiger partial charge < -0.3 is 16.0 Å². The topological polar surface area (TPSA) is 123 Å². The van der Waals surface area contributed by atoms with Gasteiger partial charge in [-0.15, -0.1) is 12.6 Å². The Balaban J connectivity index is 1.58. The fourth-order valence-corrected chi connectivity index (χ4v) is 6.34. The summed E-state index contributed by atoms with van der Waals surface area (Å²) in [7, 11) is 0. The van der Waals surface area contributed by atoms with Crippen molar-refractivity contribution in [3.63, 3.8) is 0 Å². The molecule has 2 aliphatic heterocycles. The number of aromatic nitrogens is 5. The number of carbonyl (C=O) groups is 1. The first-order valence-corrected chi connectivity index (χ1v) is 13.1. The summed E-state index contributed by atoms with van der Waals surface area (Å²) in [5.74, 6) is -0.478. The highest BCUT2D eigenvalue weighted by atomic mass is 32.1. The van der Waals surface area contributed by atoms with Gasteiger partial charge in [-0.3, -0.25) is 14.2 Å². The highest BCUT2D eigenvalue weighted by Crippen LogP contribution is 2.52. The summed E-state index contributed by atoms with van der Waals surface area (Å²) in [6, 6.07) is 9.76. The monoisotopic (exact) mass is 570 g/mol. The van der Waals surface area contributed by atoms with Crippen LogP contribution in [0.25, 0.3) is 11.2 Å². The molecule has 0 radical (unpaired) electrons. The van der Waals surface area contributed by atoms with Crippen molar-refractivity contribution in [3.05, 3.63) is 70.2 Å². The number of rotatable bonds is 4. The minimum atomic E-state index is -2.02. The molecule has 0 aliphatic carbocycles. The number of nitrogens with two attached hydrogens (primary N) is 1. The molecule has 3 aromatic heterocycles. The second-order valence-corrected chi connectivity index (χ2v) is 11.3. The van der Waals surface area contributed by atoms with E-state index in [2.05, 4.69) is 33.0 Å². The lowest BCUT2D eigenvalue weighted by Crippen LogP contribution is -2.48. The second kappa shape index (κ2) is 8.95.